The summed E-state index contributed by atoms with van der Waals surface area (Å²) < 4.78 is 1.75. The van der Waals surface area contributed by atoms with Crippen LogP contribution < -0.4 is 4.90 Å². The first-order chi connectivity index (χ1) is 10.8. The Bertz CT molecular complexity index is 566. The van der Waals surface area contributed by atoms with E-state index in [0.29, 0.717) is 5.69 Å². The number of hydrogen-bond acceptors (Lipinski definition) is 3. The number of pyridine rings is 1. The van der Waals surface area contributed by atoms with Crippen LogP contribution in [0.2, 0.25) is 0 Å². The Morgan fingerprint density at radius 1 is 1.35 bits per heavy atom. The molecule has 0 atom stereocenters. The van der Waals surface area contributed by atoms with Crippen LogP contribution in [0, 0.1) is 29.6 Å². The van der Waals surface area contributed by atoms with Crippen LogP contribution in [0.25, 0.3) is 0 Å². The van der Waals surface area contributed by atoms with Crippen molar-refractivity contribution in [1.29, 1.82) is 0 Å². The smallest absolute Gasteiger partial charge is 0.277 e. The molecule has 5 heteroatoms. The van der Waals surface area contributed by atoms with Gasteiger partial charge in [-0.3, -0.25) is 0 Å². The lowest BCUT2D eigenvalue weighted by Crippen LogP contribution is -2.30. The Hall–Kier alpha value is -0.970. The minimum Gasteiger partial charge on any atom is -0.358 e. The van der Waals surface area contributed by atoms with Crippen molar-refractivity contribution in [3.05, 3.63) is 21.1 Å². The summed E-state index contributed by atoms with van der Waals surface area (Å²) in [5, 5.41) is 0. The molecule has 1 aromatic heterocycles. The molecule has 0 bridgehead atoms. The first kappa shape index (κ1) is 18.4. The van der Waals surface area contributed by atoms with Crippen molar-refractivity contribution in [3.63, 3.8) is 0 Å². The van der Waals surface area contributed by atoms with Gasteiger partial charge in [0.25, 0.3) is 5.69 Å². The molecule has 1 aliphatic rings. The molecule has 2 rings (SSSR count). The first-order valence-electron chi connectivity index (χ1n) is 8.58. The zero-order valence-corrected chi connectivity index (χ0v) is 16.6. The predicted molar refractivity (Wildman–Crippen MR) is 99.4 cm³/mol. The van der Waals surface area contributed by atoms with Crippen molar-refractivity contribution >= 4 is 27.4 Å². The summed E-state index contributed by atoms with van der Waals surface area (Å²) in [6, 6.07) is 1.87. The van der Waals surface area contributed by atoms with Gasteiger partial charge in [-0.15, -0.1) is 0 Å². The molecule has 4 nitrogen and oxygen atoms in total. The molecule has 1 heterocycles. The van der Waals surface area contributed by atoms with Crippen LogP contribution in [0.3, 0.4) is 0 Å². The monoisotopic (exact) mass is 382 g/mol. The van der Waals surface area contributed by atoms with Gasteiger partial charge in [-0.25, -0.2) is 4.98 Å². The molecule has 0 N–H and O–H groups in total. The van der Waals surface area contributed by atoms with Gasteiger partial charge in [-0.2, -0.15) is 0 Å². The zero-order chi connectivity index (χ0) is 17.1. The molecule has 1 fully saturated rings. The zero-order valence-electron chi connectivity index (χ0n) is 15.0. The minimum absolute atomic E-state index is 0.617. The fourth-order valence-corrected chi connectivity index (χ4v) is 4.26. The maximum absolute atomic E-state index is 11.5. The highest BCUT2D eigenvalue weighted by molar-refractivity contribution is 9.10. The number of nitroso groups, excluding NO2 is 1. The van der Waals surface area contributed by atoms with E-state index in [4.69, 9.17) is 0 Å². The Morgan fingerprint density at radius 2 is 1.96 bits per heavy atom. The van der Waals surface area contributed by atoms with Gasteiger partial charge in [-0.05, 0) is 66.3 Å². The van der Waals surface area contributed by atoms with Crippen molar-refractivity contribution in [2.24, 2.45) is 17.8 Å². The van der Waals surface area contributed by atoms with Crippen molar-refractivity contribution in [1.82, 2.24) is 4.98 Å². The topological polar surface area (TPSA) is 36.2 Å². The van der Waals surface area contributed by atoms with Crippen LogP contribution in [0.4, 0.5) is 11.5 Å². The molecule has 23 heavy (non-hydrogen) atoms. The number of nitrogens with zero attached hydrogens (tertiary/aromatic N) is 3. The van der Waals surface area contributed by atoms with E-state index in [9.17, 15) is 4.91 Å². The second-order valence-electron chi connectivity index (χ2n) is 7.30. The largest absolute Gasteiger partial charge is 0.358 e. The number of rotatable bonds is 5. The van der Waals surface area contributed by atoms with Gasteiger partial charge in [0, 0.05) is 29.3 Å². The predicted octanol–water partition coefficient (Wildman–Crippen LogP) is 5.09. The second kappa shape index (κ2) is 7.73. The quantitative estimate of drug-likeness (QED) is 0.665. The van der Waals surface area contributed by atoms with E-state index >= 15 is 0 Å². The van der Waals surface area contributed by atoms with Crippen LogP contribution in [-0.4, -0.2) is 30.4 Å². The van der Waals surface area contributed by atoms with Gasteiger partial charge < -0.3 is 4.90 Å². The minimum atomic E-state index is 0.617. The third-order valence-corrected chi connectivity index (χ3v) is 5.77. The number of aryl methyl sites for hydroxylation is 1. The van der Waals surface area contributed by atoms with E-state index in [-0.39, 0.29) is 0 Å². The molecule has 0 radical (unpaired) electrons. The highest BCUT2D eigenvalue weighted by Crippen LogP contribution is 2.35. The summed E-state index contributed by atoms with van der Waals surface area (Å²) in [6.07, 6.45) is 5.32. The molecular weight excluding hydrogens is 354 g/mol. The van der Waals surface area contributed by atoms with E-state index < -0.39 is 0 Å². The van der Waals surface area contributed by atoms with Gasteiger partial charge in [0.2, 0.25) is 0 Å². The molecule has 1 saturated carbocycles. The van der Waals surface area contributed by atoms with E-state index in [1.165, 1.54) is 32.7 Å². The Kier molecular flexibility index (Phi) is 6.18. The fraction of sp³-hybridized carbons (Fsp3) is 0.722. The SMILES string of the molecule is Cc1nc(N(C)CC2CCC(C(C)C)CC2)c(Br)cc1[N+](C)=O. The van der Waals surface area contributed by atoms with E-state index in [1.54, 1.807) is 0 Å². The van der Waals surface area contributed by atoms with Gasteiger partial charge in [-0.1, -0.05) is 13.8 Å². The lowest BCUT2D eigenvalue weighted by atomic mass is 9.77. The molecule has 1 aliphatic carbocycles. The summed E-state index contributed by atoms with van der Waals surface area (Å²) in [7, 11) is 3.61. The average molecular weight is 383 g/mol. The van der Waals surface area contributed by atoms with E-state index in [1.807, 2.05) is 13.0 Å². The van der Waals surface area contributed by atoms with Crippen molar-refractivity contribution in [2.75, 3.05) is 25.5 Å². The molecule has 128 valence electrons. The van der Waals surface area contributed by atoms with Gasteiger partial charge in [0.05, 0.1) is 4.47 Å². The van der Waals surface area contributed by atoms with Crippen LogP contribution in [0.15, 0.2) is 10.5 Å². The number of hydrogen-bond donors (Lipinski definition) is 0. The summed E-state index contributed by atoms with van der Waals surface area (Å²) in [4.78, 5) is 18.4. The molecule has 0 amide bonds. The van der Waals surface area contributed by atoms with Crippen LogP contribution in [0.1, 0.15) is 45.2 Å². The van der Waals surface area contributed by atoms with Gasteiger partial charge in [0.15, 0.2) is 7.05 Å². The van der Waals surface area contributed by atoms with Crippen molar-refractivity contribution < 1.29 is 4.76 Å². The number of halogens is 1. The summed E-state index contributed by atoms with van der Waals surface area (Å²) in [5.74, 6) is 3.38. The van der Waals surface area contributed by atoms with Crippen molar-refractivity contribution in [2.45, 2.75) is 46.5 Å². The fourth-order valence-electron chi connectivity index (χ4n) is 3.66. The Balaban J connectivity index is 2.03. The highest BCUT2D eigenvalue weighted by Gasteiger charge is 2.25. The first-order valence-corrected chi connectivity index (χ1v) is 9.38. The van der Waals surface area contributed by atoms with Crippen LogP contribution in [-0.2, 0) is 0 Å². The maximum Gasteiger partial charge on any atom is 0.277 e. The number of anilines is 1. The highest BCUT2D eigenvalue weighted by atomic mass is 79.9. The maximum atomic E-state index is 11.5. The molecule has 0 aromatic carbocycles. The van der Waals surface area contributed by atoms with Crippen LogP contribution in [0.5, 0.6) is 0 Å². The third kappa shape index (κ3) is 4.52. The average Bonchev–Trinajstić information content (AvgIpc) is 2.49. The normalized spacial score (nSPS) is 21.5. The summed E-state index contributed by atoms with van der Waals surface area (Å²) >= 11 is 3.57. The number of aromatic nitrogens is 1. The molecule has 0 aliphatic heterocycles. The lowest BCUT2D eigenvalue weighted by Gasteiger charge is -2.33. The molecular formula is C18H29BrN3O+. The second-order valence-corrected chi connectivity index (χ2v) is 8.16. The summed E-state index contributed by atoms with van der Waals surface area (Å²) in [6.45, 7) is 7.61. The van der Waals surface area contributed by atoms with E-state index in [0.717, 1.165) is 45.0 Å². The standard InChI is InChI=1S/C18H29BrN3O/c1-12(2)15-8-6-14(7-9-15)11-21(4)18-16(19)10-17(22(5)23)13(3)20-18/h10,12,14-15H,6-9,11H2,1-5H3/q+1. The molecule has 0 unspecified atom stereocenters. The van der Waals surface area contributed by atoms with Gasteiger partial charge in [0.1, 0.15) is 11.5 Å². The summed E-state index contributed by atoms with van der Waals surface area (Å²) in [5.41, 5.74) is 1.39. The Labute approximate surface area is 148 Å². The molecule has 0 saturated heterocycles. The molecule has 1 aromatic rings. The van der Waals surface area contributed by atoms with E-state index in [2.05, 4.69) is 46.7 Å². The van der Waals surface area contributed by atoms with Crippen LogP contribution >= 0.6 is 15.9 Å². The van der Waals surface area contributed by atoms with Crippen molar-refractivity contribution in [3.8, 4) is 0 Å². The van der Waals surface area contributed by atoms with Gasteiger partial charge >= 0.3 is 0 Å². The third-order valence-electron chi connectivity index (χ3n) is 5.19. The molecule has 0 spiro atoms. The lowest BCUT2D eigenvalue weighted by molar-refractivity contribution is -0.429. The Morgan fingerprint density at radius 3 is 2.48 bits per heavy atom.